The molecule has 5 heteroatoms. The van der Waals surface area contributed by atoms with Crippen molar-refractivity contribution in [2.24, 2.45) is 0 Å². The second kappa shape index (κ2) is 10.1. The van der Waals surface area contributed by atoms with Gasteiger partial charge in [0.05, 0.1) is 0 Å². The fourth-order valence-electron chi connectivity index (χ4n) is 1.59. The minimum absolute atomic E-state index is 0. The Kier molecular flexibility index (Phi) is 9.66. The normalized spacial score (nSPS) is 10.1. The van der Waals surface area contributed by atoms with Crippen LogP contribution in [0.1, 0.15) is 26.2 Å². The van der Waals surface area contributed by atoms with Gasteiger partial charge in [0.1, 0.15) is 0 Å². The number of rotatable bonds is 7. The first-order valence-electron chi connectivity index (χ1n) is 6.35. The molecule has 108 valence electrons. The van der Waals surface area contributed by atoms with Crippen molar-refractivity contribution in [1.29, 1.82) is 0 Å². The molecule has 3 nitrogen and oxygen atoms in total. The van der Waals surface area contributed by atoms with Gasteiger partial charge in [0, 0.05) is 23.7 Å². The minimum Gasteiger partial charge on any atom is -1.00 e. The Morgan fingerprint density at radius 2 is 1.89 bits per heavy atom. The molecule has 0 spiro atoms. The number of benzene rings is 1. The van der Waals surface area contributed by atoms with Gasteiger partial charge in [0.15, 0.2) is 0 Å². The third-order valence-electron chi connectivity index (χ3n) is 2.74. The van der Waals surface area contributed by atoms with Gasteiger partial charge in [-0.2, -0.15) is 0 Å². The summed E-state index contributed by atoms with van der Waals surface area (Å²) in [6.45, 7) is 4.01. The lowest BCUT2D eigenvalue weighted by Gasteiger charge is -2.15. The molecule has 0 saturated heterocycles. The number of hydrogen-bond donors (Lipinski definition) is 1. The Bertz CT molecular complexity index is 368. The second-order valence-corrected chi connectivity index (χ2v) is 4.90. The van der Waals surface area contributed by atoms with E-state index in [0.29, 0.717) is 11.4 Å². The van der Waals surface area contributed by atoms with Crippen LogP contribution in [0.4, 0.5) is 5.69 Å². The molecule has 0 unspecified atom stereocenters. The maximum atomic E-state index is 11.7. The molecule has 0 fully saturated rings. The first-order chi connectivity index (χ1) is 8.61. The van der Waals surface area contributed by atoms with Crippen molar-refractivity contribution in [3.63, 3.8) is 0 Å². The zero-order valence-corrected chi connectivity index (χ0v) is 13.0. The van der Waals surface area contributed by atoms with E-state index in [9.17, 15) is 4.79 Å². The predicted octanol–water partition coefficient (Wildman–Crippen LogP) is 0.405. The number of hydrogen-bond acceptors (Lipinski definition) is 2. The fraction of sp³-hybridized carbons (Fsp3) is 0.500. The molecule has 1 rings (SSSR count). The van der Waals surface area contributed by atoms with Crippen LogP contribution >= 0.6 is 11.6 Å². The Morgan fingerprint density at radius 1 is 1.26 bits per heavy atom. The lowest BCUT2D eigenvalue weighted by molar-refractivity contribution is -0.116. The average Bonchev–Trinajstić information content (AvgIpc) is 2.36. The smallest absolute Gasteiger partial charge is 0.225 e. The largest absolute Gasteiger partial charge is 1.00 e. The van der Waals surface area contributed by atoms with Crippen LogP contribution in [0.15, 0.2) is 24.3 Å². The van der Waals surface area contributed by atoms with E-state index in [1.165, 1.54) is 12.8 Å². The van der Waals surface area contributed by atoms with E-state index in [-0.39, 0.29) is 18.3 Å². The van der Waals surface area contributed by atoms with E-state index in [1.807, 2.05) is 7.05 Å². The van der Waals surface area contributed by atoms with Crippen molar-refractivity contribution in [3.05, 3.63) is 29.3 Å². The highest BCUT2D eigenvalue weighted by Crippen LogP contribution is 2.13. The highest BCUT2D eigenvalue weighted by molar-refractivity contribution is 6.30. The summed E-state index contributed by atoms with van der Waals surface area (Å²) in [5.41, 5.74) is 0.792. The second-order valence-electron chi connectivity index (χ2n) is 4.46. The number of halogens is 2. The fourth-order valence-corrected chi connectivity index (χ4v) is 1.71. The zero-order chi connectivity index (χ0) is 13.4. The van der Waals surface area contributed by atoms with E-state index < -0.39 is 0 Å². The summed E-state index contributed by atoms with van der Waals surface area (Å²) in [4.78, 5) is 13.9. The van der Waals surface area contributed by atoms with Crippen molar-refractivity contribution in [3.8, 4) is 0 Å². The van der Waals surface area contributed by atoms with Gasteiger partial charge in [0.2, 0.25) is 5.91 Å². The van der Waals surface area contributed by atoms with Crippen molar-refractivity contribution in [1.82, 2.24) is 4.90 Å². The van der Waals surface area contributed by atoms with Gasteiger partial charge < -0.3 is 22.6 Å². The maximum absolute atomic E-state index is 11.7. The van der Waals surface area contributed by atoms with Crippen LogP contribution in [-0.4, -0.2) is 30.9 Å². The number of amides is 1. The molecule has 0 heterocycles. The van der Waals surface area contributed by atoms with Crippen LogP contribution in [0.5, 0.6) is 0 Å². The molecule has 1 N–H and O–H groups in total. The first kappa shape index (κ1) is 18.2. The summed E-state index contributed by atoms with van der Waals surface area (Å²) in [6.07, 6.45) is 2.87. The van der Waals surface area contributed by atoms with E-state index in [2.05, 4.69) is 17.1 Å². The van der Waals surface area contributed by atoms with Gasteiger partial charge in [0.25, 0.3) is 0 Å². The van der Waals surface area contributed by atoms with Gasteiger partial charge in [-0.3, -0.25) is 4.79 Å². The summed E-state index contributed by atoms with van der Waals surface area (Å²) in [5.74, 6) is 0.0423. The highest BCUT2D eigenvalue weighted by atomic mass is 35.5. The SMILES string of the molecule is CCCCN(C)CCC(=O)Nc1ccc(Cl)cc1.[Cl-]. The lowest BCUT2D eigenvalue weighted by atomic mass is 10.3. The molecule has 1 amide bonds. The predicted molar refractivity (Wildman–Crippen MR) is 77.1 cm³/mol. The highest BCUT2D eigenvalue weighted by Gasteiger charge is 2.04. The van der Waals surface area contributed by atoms with Crippen LogP contribution in [0.2, 0.25) is 5.02 Å². The van der Waals surface area contributed by atoms with Gasteiger partial charge in [-0.05, 0) is 44.3 Å². The number of anilines is 1. The monoisotopic (exact) mass is 303 g/mol. The van der Waals surface area contributed by atoms with Crippen LogP contribution < -0.4 is 17.7 Å². The number of carbonyl (C=O) groups excluding carboxylic acids is 1. The number of nitrogens with zero attached hydrogens (tertiary/aromatic N) is 1. The first-order valence-corrected chi connectivity index (χ1v) is 6.73. The summed E-state index contributed by atoms with van der Waals surface area (Å²) in [6, 6.07) is 7.15. The Labute approximate surface area is 126 Å². The Balaban J connectivity index is 0.00000324. The Hall–Kier alpha value is -0.770. The third kappa shape index (κ3) is 8.09. The molecule has 0 saturated carbocycles. The van der Waals surface area contributed by atoms with Crippen molar-refractivity contribution >= 4 is 23.2 Å². The van der Waals surface area contributed by atoms with Crippen molar-refractivity contribution in [2.75, 3.05) is 25.5 Å². The zero-order valence-electron chi connectivity index (χ0n) is 11.5. The molecule has 1 aromatic carbocycles. The van der Waals surface area contributed by atoms with Gasteiger partial charge in [-0.15, -0.1) is 0 Å². The quantitative estimate of drug-likeness (QED) is 0.791. The van der Waals surface area contributed by atoms with Crippen LogP contribution in [0.3, 0.4) is 0 Å². The van der Waals surface area contributed by atoms with Crippen LogP contribution in [-0.2, 0) is 4.79 Å². The summed E-state index contributed by atoms with van der Waals surface area (Å²) in [5, 5.41) is 3.53. The lowest BCUT2D eigenvalue weighted by Crippen LogP contribution is -3.00. The van der Waals surface area contributed by atoms with Gasteiger partial charge >= 0.3 is 0 Å². The molecule has 0 aromatic heterocycles. The number of carbonyl (C=O) groups is 1. The summed E-state index contributed by atoms with van der Waals surface area (Å²) >= 11 is 5.78. The van der Waals surface area contributed by atoms with Crippen LogP contribution in [0, 0.1) is 0 Å². The molecule has 0 aliphatic carbocycles. The average molecular weight is 304 g/mol. The van der Waals surface area contributed by atoms with Crippen LogP contribution in [0.25, 0.3) is 0 Å². The number of unbranched alkanes of at least 4 members (excludes halogenated alkanes) is 1. The molecule has 19 heavy (non-hydrogen) atoms. The van der Waals surface area contributed by atoms with Crippen molar-refractivity contribution < 1.29 is 17.2 Å². The summed E-state index contributed by atoms with van der Waals surface area (Å²) < 4.78 is 0. The summed E-state index contributed by atoms with van der Waals surface area (Å²) in [7, 11) is 2.05. The van der Waals surface area contributed by atoms with E-state index >= 15 is 0 Å². The maximum Gasteiger partial charge on any atom is 0.225 e. The van der Waals surface area contributed by atoms with E-state index in [4.69, 9.17) is 11.6 Å². The molecule has 1 aromatic rings. The molecule has 0 aliphatic heterocycles. The molecular weight excluding hydrogens is 283 g/mol. The molecule has 0 aliphatic rings. The van der Waals surface area contributed by atoms with Gasteiger partial charge in [-0.1, -0.05) is 24.9 Å². The Morgan fingerprint density at radius 3 is 2.47 bits per heavy atom. The van der Waals surface area contributed by atoms with E-state index in [0.717, 1.165) is 18.8 Å². The molecular formula is C14H21Cl2N2O-. The molecule has 0 bridgehead atoms. The third-order valence-corrected chi connectivity index (χ3v) is 2.99. The minimum atomic E-state index is 0. The number of nitrogens with one attached hydrogen (secondary N) is 1. The molecule has 0 radical (unpaired) electrons. The molecule has 0 atom stereocenters. The van der Waals surface area contributed by atoms with Gasteiger partial charge in [-0.25, -0.2) is 0 Å². The standard InChI is InChI=1S/C14H21ClN2O.ClH/c1-3-4-10-17(2)11-9-14(18)16-13-7-5-12(15)6-8-13;/h5-8H,3-4,9-11H2,1-2H3,(H,16,18);1H/p-1. The topological polar surface area (TPSA) is 32.3 Å². The van der Waals surface area contributed by atoms with Crippen molar-refractivity contribution in [2.45, 2.75) is 26.2 Å². The van der Waals surface area contributed by atoms with E-state index in [1.54, 1.807) is 24.3 Å².